The lowest BCUT2D eigenvalue weighted by Crippen LogP contribution is -2.16. The summed E-state index contributed by atoms with van der Waals surface area (Å²) in [5.41, 5.74) is 0.950. The van der Waals surface area contributed by atoms with E-state index in [9.17, 15) is 9.59 Å². The van der Waals surface area contributed by atoms with E-state index in [0.717, 1.165) is 11.8 Å². The number of methoxy groups -OCH3 is 2. The van der Waals surface area contributed by atoms with Crippen molar-refractivity contribution in [2.45, 2.75) is 5.16 Å². The predicted octanol–water partition coefficient (Wildman–Crippen LogP) is 2.73. The molecule has 0 bridgehead atoms. The first-order valence-electron chi connectivity index (χ1n) is 7.23. The van der Waals surface area contributed by atoms with Gasteiger partial charge in [0.25, 0.3) is 5.56 Å². The summed E-state index contributed by atoms with van der Waals surface area (Å²) in [7, 11) is 3.07. The van der Waals surface area contributed by atoms with Gasteiger partial charge in [0.2, 0.25) is 5.91 Å². The van der Waals surface area contributed by atoms with Gasteiger partial charge in [0.15, 0.2) is 5.16 Å². The van der Waals surface area contributed by atoms with Gasteiger partial charge in [0, 0.05) is 6.07 Å². The van der Waals surface area contributed by atoms with Crippen molar-refractivity contribution in [1.29, 1.82) is 0 Å². The number of thiophene rings is 1. The number of H-pyrrole nitrogens is 1. The van der Waals surface area contributed by atoms with E-state index >= 15 is 0 Å². The van der Waals surface area contributed by atoms with Crippen LogP contribution in [0.15, 0.2) is 39.6 Å². The number of hydrogen-bond acceptors (Lipinski definition) is 7. The minimum atomic E-state index is -0.246. The third kappa shape index (κ3) is 3.94. The van der Waals surface area contributed by atoms with Gasteiger partial charge in [-0.1, -0.05) is 11.8 Å². The second-order valence-corrected chi connectivity index (χ2v) is 6.79. The number of amides is 1. The molecule has 3 aromatic rings. The summed E-state index contributed by atoms with van der Waals surface area (Å²) in [6.45, 7) is 0. The van der Waals surface area contributed by atoms with Crippen LogP contribution < -0.4 is 20.3 Å². The number of rotatable bonds is 6. The second-order valence-electron chi connectivity index (χ2n) is 4.91. The minimum absolute atomic E-state index is 0.0962. The van der Waals surface area contributed by atoms with Crippen molar-refractivity contribution in [2.75, 3.05) is 25.3 Å². The number of hydrogen-bond donors (Lipinski definition) is 2. The molecule has 0 aliphatic carbocycles. The van der Waals surface area contributed by atoms with Crippen LogP contribution in [0.1, 0.15) is 0 Å². The lowest BCUT2D eigenvalue weighted by molar-refractivity contribution is -0.113. The zero-order chi connectivity index (χ0) is 17.8. The first-order valence-corrected chi connectivity index (χ1v) is 9.09. The zero-order valence-corrected chi connectivity index (χ0v) is 15.1. The van der Waals surface area contributed by atoms with E-state index < -0.39 is 0 Å². The second kappa shape index (κ2) is 7.58. The van der Waals surface area contributed by atoms with E-state index in [1.807, 2.05) is 5.38 Å². The van der Waals surface area contributed by atoms with Crippen LogP contribution in [0.4, 0.5) is 5.69 Å². The highest BCUT2D eigenvalue weighted by atomic mass is 32.2. The molecule has 0 fully saturated rings. The Morgan fingerprint density at radius 1 is 1.32 bits per heavy atom. The molecule has 2 N–H and O–H groups in total. The molecule has 1 amide bonds. The Kier molecular flexibility index (Phi) is 5.25. The van der Waals surface area contributed by atoms with Gasteiger partial charge in [-0.05, 0) is 23.6 Å². The fourth-order valence-electron chi connectivity index (χ4n) is 2.15. The molecule has 0 atom stereocenters. The lowest BCUT2D eigenvalue weighted by atomic mass is 10.2. The monoisotopic (exact) mass is 377 g/mol. The van der Waals surface area contributed by atoms with Crippen molar-refractivity contribution in [1.82, 2.24) is 9.97 Å². The Morgan fingerprint density at radius 3 is 2.92 bits per heavy atom. The van der Waals surface area contributed by atoms with Crippen LogP contribution in [-0.4, -0.2) is 35.8 Å². The minimum Gasteiger partial charge on any atom is -0.497 e. The molecule has 130 valence electrons. The van der Waals surface area contributed by atoms with Gasteiger partial charge in [0.1, 0.15) is 16.2 Å². The molecular weight excluding hydrogens is 362 g/mol. The van der Waals surface area contributed by atoms with Crippen molar-refractivity contribution in [3.63, 3.8) is 0 Å². The summed E-state index contributed by atoms with van der Waals surface area (Å²) in [5.74, 6) is 0.992. The van der Waals surface area contributed by atoms with Crippen LogP contribution in [0, 0.1) is 0 Å². The van der Waals surface area contributed by atoms with Gasteiger partial charge in [-0.25, -0.2) is 4.98 Å². The Hall–Kier alpha value is -2.52. The third-order valence-corrected chi connectivity index (χ3v) is 5.09. The van der Waals surface area contributed by atoms with Gasteiger partial charge in [-0.2, -0.15) is 0 Å². The van der Waals surface area contributed by atoms with E-state index in [1.54, 1.807) is 31.4 Å². The average Bonchev–Trinajstić information content (AvgIpc) is 3.09. The molecule has 0 radical (unpaired) electrons. The lowest BCUT2D eigenvalue weighted by Gasteiger charge is -2.11. The number of aromatic nitrogens is 2. The van der Waals surface area contributed by atoms with Crippen LogP contribution in [0.3, 0.4) is 0 Å². The number of carbonyl (C=O) groups is 1. The molecule has 9 heteroatoms. The maximum absolute atomic E-state index is 12.2. The molecule has 3 rings (SSSR count). The first-order chi connectivity index (χ1) is 12.1. The molecule has 2 heterocycles. The Labute approximate surface area is 151 Å². The summed E-state index contributed by atoms with van der Waals surface area (Å²) in [6, 6.07) is 6.92. The maximum Gasteiger partial charge on any atom is 0.269 e. The SMILES string of the molecule is COc1ccc(OC)c(NC(=O)CSc2nc3ccsc3c(=O)[nH]2)c1. The molecule has 0 saturated carbocycles. The Balaban J connectivity index is 1.69. The first kappa shape index (κ1) is 17.3. The topological polar surface area (TPSA) is 93.3 Å². The molecule has 2 aromatic heterocycles. The van der Waals surface area contributed by atoms with Crippen LogP contribution in [0.2, 0.25) is 0 Å². The number of ether oxygens (including phenoxy) is 2. The summed E-state index contributed by atoms with van der Waals surface area (Å²) >= 11 is 2.49. The van der Waals surface area contributed by atoms with Crippen molar-refractivity contribution in [3.05, 3.63) is 40.0 Å². The molecule has 0 spiro atoms. The summed E-state index contributed by atoms with van der Waals surface area (Å²) in [6.07, 6.45) is 0. The van der Waals surface area contributed by atoms with E-state index in [0.29, 0.717) is 32.6 Å². The number of nitrogens with one attached hydrogen (secondary N) is 2. The summed E-state index contributed by atoms with van der Waals surface area (Å²) < 4.78 is 11.0. The van der Waals surface area contributed by atoms with E-state index in [1.165, 1.54) is 18.4 Å². The van der Waals surface area contributed by atoms with Gasteiger partial charge in [0.05, 0.1) is 31.2 Å². The molecule has 1 aromatic carbocycles. The largest absolute Gasteiger partial charge is 0.497 e. The molecular formula is C16H15N3O4S2. The molecule has 0 unspecified atom stereocenters. The Bertz CT molecular complexity index is 967. The molecule has 25 heavy (non-hydrogen) atoms. The van der Waals surface area contributed by atoms with Gasteiger partial charge in [-0.3, -0.25) is 9.59 Å². The average molecular weight is 377 g/mol. The van der Waals surface area contributed by atoms with Gasteiger partial charge in [-0.15, -0.1) is 11.3 Å². The third-order valence-electron chi connectivity index (χ3n) is 3.31. The highest BCUT2D eigenvalue weighted by Crippen LogP contribution is 2.29. The van der Waals surface area contributed by atoms with Crippen molar-refractivity contribution < 1.29 is 14.3 Å². The number of anilines is 1. The normalized spacial score (nSPS) is 10.6. The van der Waals surface area contributed by atoms with Gasteiger partial charge >= 0.3 is 0 Å². The van der Waals surface area contributed by atoms with Crippen LogP contribution in [0.5, 0.6) is 11.5 Å². The number of benzene rings is 1. The summed E-state index contributed by atoms with van der Waals surface area (Å²) in [5, 5.41) is 4.99. The van der Waals surface area contributed by atoms with Crippen LogP contribution >= 0.6 is 23.1 Å². The highest BCUT2D eigenvalue weighted by Gasteiger charge is 2.11. The smallest absolute Gasteiger partial charge is 0.269 e. The van der Waals surface area contributed by atoms with Crippen molar-refractivity contribution in [2.24, 2.45) is 0 Å². The van der Waals surface area contributed by atoms with E-state index in [4.69, 9.17) is 9.47 Å². The van der Waals surface area contributed by atoms with Crippen molar-refractivity contribution >= 4 is 44.9 Å². The summed E-state index contributed by atoms with van der Waals surface area (Å²) in [4.78, 5) is 31.1. The fraction of sp³-hybridized carbons (Fsp3) is 0.188. The van der Waals surface area contributed by atoms with Crippen LogP contribution in [0.25, 0.3) is 10.2 Å². The molecule has 0 saturated heterocycles. The standard InChI is InChI=1S/C16H15N3O4S2/c1-22-9-3-4-12(23-2)11(7-9)17-13(20)8-25-16-18-10-5-6-24-14(10)15(21)19-16/h3-7H,8H2,1-2H3,(H,17,20)(H,18,19,21). The Morgan fingerprint density at radius 2 is 2.16 bits per heavy atom. The number of thioether (sulfide) groups is 1. The number of nitrogens with zero attached hydrogens (tertiary/aromatic N) is 1. The predicted molar refractivity (Wildman–Crippen MR) is 99.1 cm³/mol. The fourth-order valence-corrected chi connectivity index (χ4v) is 3.55. The number of carbonyl (C=O) groups excluding carboxylic acids is 1. The number of aromatic amines is 1. The van der Waals surface area contributed by atoms with E-state index in [2.05, 4.69) is 15.3 Å². The molecule has 0 aliphatic rings. The van der Waals surface area contributed by atoms with E-state index in [-0.39, 0.29) is 17.2 Å². The highest BCUT2D eigenvalue weighted by molar-refractivity contribution is 7.99. The maximum atomic E-state index is 12.2. The zero-order valence-electron chi connectivity index (χ0n) is 13.5. The molecule has 7 nitrogen and oxygen atoms in total. The number of fused-ring (bicyclic) bond motifs is 1. The van der Waals surface area contributed by atoms with Crippen LogP contribution in [-0.2, 0) is 4.79 Å². The van der Waals surface area contributed by atoms with Gasteiger partial charge < -0.3 is 19.8 Å². The quantitative estimate of drug-likeness (QED) is 0.507. The molecule has 0 aliphatic heterocycles. The van der Waals surface area contributed by atoms with Crippen molar-refractivity contribution in [3.8, 4) is 11.5 Å².